The molecule has 6 rings (SSSR count). The molecule has 0 saturated carbocycles. The molecule has 180 valence electrons. The topological polar surface area (TPSA) is 77.3 Å². The van der Waals surface area contributed by atoms with Crippen LogP contribution < -0.4 is 0 Å². The fourth-order valence-corrected chi connectivity index (χ4v) is 3.01. The smallest absolute Gasteiger partial charge is 0.286 e. The Kier molecular flexibility index (Phi) is 11.4. The molecule has 0 N–H and O–H groups in total. The Morgan fingerprint density at radius 3 is 0.946 bits per heavy atom. The maximum atomic E-state index is 4.11. The Labute approximate surface area is 230 Å². The van der Waals surface area contributed by atoms with Crippen LogP contribution in [0.25, 0.3) is 33.8 Å². The van der Waals surface area contributed by atoms with Gasteiger partial charge in [0.15, 0.2) is 0 Å². The van der Waals surface area contributed by atoms with Gasteiger partial charge in [-0.2, -0.15) is 0 Å². The van der Waals surface area contributed by atoms with E-state index in [9.17, 15) is 0 Å². The van der Waals surface area contributed by atoms with E-state index in [-0.39, 0.29) is 20.1 Å². The van der Waals surface area contributed by atoms with Crippen LogP contribution >= 0.6 is 0 Å². The minimum Gasteiger partial charge on any atom is -0.286 e. The molecule has 6 aromatic rings. The Balaban J connectivity index is 0.000000152. The van der Waals surface area contributed by atoms with Gasteiger partial charge in [0.2, 0.25) is 0 Å². The molecule has 0 spiro atoms. The van der Waals surface area contributed by atoms with E-state index in [4.69, 9.17) is 0 Å². The molecule has 0 aliphatic rings. The van der Waals surface area contributed by atoms with Crippen molar-refractivity contribution in [2.75, 3.05) is 0 Å². The van der Waals surface area contributed by atoms with Gasteiger partial charge in [0, 0.05) is 18.6 Å². The Morgan fingerprint density at radius 1 is 0.405 bits per heavy atom. The third-order valence-electron chi connectivity index (χ3n) is 4.70. The van der Waals surface area contributed by atoms with Crippen LogP contribution in [-0.2, 0) is 20.1 Å². The number of aromatic nitrogens is 6. The third-order valence-corrected chi connectivity index (χ3v) is 4.70. The average molecular weight is 658 g/mol. The van der Waals surface area contributed by atoms with Gasteiger partial charge in [-0.05, 0) is 17.1 Å². The van der Waals surface area contributed by atoms with Gasteiger partial charge in [0.05, 0.1) is 0 Å². The number of hydrogen-bond donors (Lipinski definition) is 0. The molecule has 3 aromatic heterocycles. The molecule has 0 fully saturated rings. The van der Waals surface area contributed by atoms with Crippen LogP contribution in [-0.4, -0.2) is 29.9 Å². The summed E-state index contributed by atoms with van der Waals surface area (Å²) < 4.78 is 0. The first-order chi connectivity index (χ1) is 17.9. The summed E-state index contributed by atoms with van der Waals surface area (Å²) in [5.41, 5.74) is 5.72. The van der Waals surface area contributed by atoms with Crippen molar-refractivity contribution in [1.82, 2.24) is 29.9 Å². The summed E-state index contributed by atoms with van der Waals surface area (Å²) in [7, 11) is 0. The van der Waals surface area contributed by atoms with Crippen LogP contribution in [0.4, 0.5) is 0 Å². The van der Waals surface area contributed by atoms with Crippen molar-refractivity contribution in [1.29, 1.82) is 0 Å². The zero-order valence-corrected chi connectivity index (χ0v) is 22.0. The van der Waals surface area contributed by atoms with E-state index in [2.05, 4.69) is 48.1 Å². The van der Waals surface area contributed by atoms with Crippen molar-refractivity contribution in [3.63, 3.8) is 0 Å². The summed E-state index contributed by atoms with van der Waals surface area (Å²) >= 11 is 0. The molecule has 0 radical (unpaired) electrons. The maximum absolute atomic E-state index is 4.11. The monoisotopic (exact) mass is 658 g/mol. The van der Waals surface area contributed by atoms with Crippen molar-refractivity contribution in [2.45, 2.75) is 0 Å². The molecule has 37 heavy (non-hydrogen) atoms. The summed E-state index contributed by atoms with van der Waals surface area (Å²) in [6.07, 6.45) is 9.79. The van der Waals surface area contributed by atoms with Gasteiger partial charge in [-0.1, -0.05) is 18.2 Å². The molecular weight excluding hydrogens is 637 g/mol. The quantitative estimate of drug-likeness (QED) is 0.223. The van der Waals surface area contributed by atoms with Gasteiger partial charge < -0.3 is 0 Å². The van der Waals surface area contributed by atoms with Crippen LogP contribution in [0.3, 0.4) is 0 Å². The van der Waals surface area contributed by atoms with Crippen molar-refractivity contribution in [3.05, 3.63) is 147 Å². The minimum absolute atomic E-state index is 0. The van der Waals surface area contributed by atoms with Crippen LogP contribution in [0.5, 0.6) is 0 Å². The molecule has 0 bridgehead atoms. The standard InChI is InChI=1S/3C10H7N2.Ir/c3*1-2-4-9(5-3-1)10-6-7-11-8-12-10;/h3*1-4,6-8H;/q3*-1;+3. The minimum atomic E-state index is 0. The molecule has 3 heterocycles. The number of nitrogens with zero attached hydrogens (tertiary/aromatic N) is 6. The van der Waals surface area contributed by atoms with E-state index in [1.165, 1.54) is 19.0 Å². The predicted octanol–water partition coefficient (Wildman–Crippen LogP) is 5.83. The SMILES string of the molecule is [Ir+3].[c-]1ccccc1-c1ccncn1.[c-]1ccccc1-c1ccncn1.[c-]1ccccc1-c1ccncn1. The second kappa shape index (κ2) is 15.5. The average Bonchev–Trinajstić information content (AvgIpc) is 3.01. The van der Waals surface area contributed by atoms with Crippen molar-refractivity contribution < 1.29 is 20.1 Å². The zero-order valence-electron chi connectivity index (χ0n) is 19.6. The van der Waals surface area contributed by atoms with Gasteiger partial charge >= 0.3 is 20.1 Å². The van der Waals surface area contributed by atoms with E-state index >= 15 is 0 Å². The first-order valence-corrected chi connectivity index (χ1v) is 11.1. The van der Waals surface area contributed by atoms with E-state index in [1.54, 1.807) is 18.6 Å². The molecule has 0 saturated heterocycles. The molecule has 0 amide bonds. The summed E-state index contributed by atoms with van der Waals surface area (Å²) in [5, 5.41) is 0. The third kappa shape index (κ3) is 8.93. The maximum Gasteiger partial charge on any atom is 3.00 e. The van der Waals surface area contributed by atoms with Crippen LogP contribution in [0.1, 0.15) is 0 Å². The molecule has 0 aliphatic carbocycles. The molecule has 0 unspecified atom stereocenters. The van der Waals surface area contributed by atoms with Gasteiger partial charge in [0.1, 0.15) is 19.0 Å². The Morgan fingerprint density at radius 2 is 0.730 bits per heavy atom. The summed E-state index contributed by atoms with van der Waals surface area (Å²) in [5.74, 6) is 0. The number of benzene rings is 3. The van der Waals surface area contributed by atoms with Gasteiger partial charge in [0.25, 0.3) is 0 Å². The Hall–Kier alpha value is -4.45. The molecule has 7 heteroatoms. The first-order valence-electron chi connectivity index (χ1n) is 11.1. The second-order valence-electron chi connectivity index (χ2n) is 7.11. The summed E-state index contributed by atoms with van der Waals surface area (Å²) in [4.78, 5) is 23.9. The van der Waals surface area contributed by atoms with Crippen molar-refractivity contribution >= 4 is 0 Å². The molecule has 0 atom stereocenters. The van der Waals surface area contributed by atoms with E-state index in [0.717, 1.165) is 33.8 Å². The van der Waals surface area contributed by atoms with Crippen molar-refractivity contribution in [3.8, 4) is 33.8 Å². The van der Waals surface area contributed by atoms with E-state index in [1.807, 2.05) is 91.0 Å². The van der Waals surface area contributed by atoms with Crippen LogP contribution in [0.2, 0.25) is 0 Å². The number of hydrogen-bond acceptors (Lipinski definition) is 6. The predicted molar refractivity (Wildman–Crippen MR) is 139 cm³/mol. The molecule has 3 aromatic carbocycles. The van der Waals surface area contributed by atoms with Crippen molar-refractivity contribution in [2.24, 2.45) is 0 Å². The fraction of sp³-hybridized carbons (Fsp3) is 0. The van der Waals surface area contributed by atoms with Gasteiger partial charge in [-0.15, -0.1) is 108 Å². The zero-order chi connectivity index (χ0) is 24.7. The molecule has 6 nitrogen and oxygen atoms in total. The first kappa shape index (κ1) is 27.1. The van der Waals surface area contributed by atoms with E-state index < -0.39 is 0 Å². The normalized spacial score (nSPS) is 9.41. The second-order valence-corrected chi connectivity index (χ2v) is 7.11. The molecule has 0 aliphatic heterocycles. The van der Waals surface area contributed by atoms with Gasteiger partial charge in [-0.3, -0.25) is 15.0 Å². The molecular formula is C30H21IrN6. The summed E-state index contributed by atoms with van der Waals surface area (Å²) in [6, 6.07) is 38.1. The van der Waals surface area contributed by atoms with Crippen LogP contribution in [0, 0.1) is 18.2 Å². The Bertz CT molecular complexity index is 1100. The van der Waals surface area contributed by atoms with Gasteiger partial charge in [-0.25, -0.2) is 15.0 Å². The van der Waals surface area contributed by atoms with E-state index in [0.29, 0.717) is 0 Å². The fourth-order valence-electron chi connectivity index (χ4n) is 3.01. The summed E-state index contributed by atoms with van der Waals surface area (Å²) in [6.45, 7) is 0. The number of rotatable bonds is 3. The van der Waals surface area contributed by atoms with Crippen LogP contribution in [0.15, 0.2) is 129 Å². The largest absolute Gasteiger partial charge is 3.00 e.